The van der Waals surface area contributed by atoms with Crippen LogP contribution in [0.4, 0.5) is 0 Å². The fourth-order valence-corrected chi connectivity index (χ4v) is 7.79. The van der Waals surface area contributed by atoms with Gasteiger partial charge in [0, 0.05) is 27.4 Å². The minimum atomic E-state index is -0.0463. The zero-order valence-corrected chi connectivity index (χ0v) is 26.0. The average molecular weight is 588 g/mol. The quantitative estimate of drug-likeness (QED) is 0.193. The normalized spacial score (nSPS) is 13.2. The molecule has 1 aromatic heterocycles. The van der Waals surface area contributed by atoms with Crippen molar-refractivity contribution in [2.75, 3.05) is 0 Å². The summed E-state index contributed by atoms with van der Waals surface area (Å²) in [7, 11) is 0. The Morgan fingerprint density at radius 1 is 0.391 bits per heavy atom. The SMILES string of the molecule is CC1(C)c2ccccc2-c2ccc(-c3ccc(-c4cccc5c6ccccc6n(-c6ccccc6)c45)cc3-c3ccccc3)cc21. The monoisotopic (exact) mass is 587 g/mol. The van der Waals surface area contributed by atoms with Crippen LogP contribution < -0.4 is 0 Å². The van der Waals surface area contributed by atoms with E-state index >= 15 is 0 Å². The average Bonchev–Trinajstić information content (AvgIpc) is 3.57. The molecule has 1 heteroatoms. The molecule has 0 fully saturated rings. The second-order valence-corrected chi connectivity index (χ2v) is 12.9. The van der Waals surface area contributed by atoms with Gasteiger partial charge in [-0.1, -0.05) is 147 Å². The maximum Gasteiger partial charge on any atom is 0.0619 e. The molecule has 9 rings (SSSR count). The highest BCUT2D eigenvalue weighted by Crippen LogP contribution is 2.50. The standard InChI is InChI=1S/C45H33N/c1-45(2)41-22-11-9-18-36(41)37-27-25-32(29-42(37)45)34-26-24-31(28-40(34)30-14-5-3-6-15-30)35-20-13-21-39-38-19-10-12-23-43(38)46(44(35)39)33-16-7-4-8-17-33/h3-29H,1-2H3. The molecule has 7 aromatic carbocycles. The predicted molar refractivity (Wildman–Crippen MR) is 195 cm³/mol. The zero-order chi connectivity index (χ0) is 30.8. The van der Waals surface area contributed by atoms with Crippen molar-refractivity contribution in [1.29, 1.82) is 0 Å². The lowest BCUT2D eigenvalue weighted by atomic mass is 9.81. The van der Waals surface area contributed by atoms with E-state index in [-0.39, 0.29) is 5.41 Å². The van der Waals surface area contributed by atoms with Crippen molar-refractivity contribution in [2.45, 2.75) is 19.3 Å². The Morgan fingerprint density at radius 3 is 1.83 bits per heavy atom. The van der Waals surface area contributed by atoms with Gasteiger partial charge in [0.1, 0.15) is 0 Å². The zero-order valence-electron chi connectivity index (χ0n) is 26.0. The molecule has 1 nitrogen and oxygen atoms in total. The molecule has 1 aliphatic rings. The first-order valence-electron chi connectivity index (χ1n) is 16.1. The first-order chi connectivity index (χ1) is 22.6. The first-order valence-corrected chi connectivity index (χ1v) is 16.1. The van der Waals surface area contributed by atoms with Crippen molar-refractivity contribution in [3.63, 3.8) is 0 Å². The summed E-state index contributed by atoms with van der Waals surface area (Å²) in [5.74, 6) is 0. The number of para-hydroxylation sites is 3. The largest absolute Gasteiger partial charge is 0.309 e. The van der Waals surface area contributed by atoms with Gasteiger partial charge in [0.15, 0.2) is 0 Å². The number of nitrogens with zero attached hydrogens (tertiary/aromatic N) is 1. The first kappa shape index (κ1) is 26.7. The smallest absolute Gasteiger partial charge is 0.0619 e. The van der Waals surface area contributed by atoms with Gasteiger partial charge >= 0.3 is 0 Å². The number of fused-ring (bicyclic) bond motifs is 6. The van der Waals surface area contributed by atoms with Crippen LogP contribution in [0.3, 0.4) is 0 Å². The summed E-state index contributed by atoms with van der Waals surface area (Å²) in [5.41, 5.74) is 16.5. The third-order valence-electron chi connectivity index (χ3n) is 10.0. The number of hydrogen-bond donors (Lipinski definition) is 0. The summed E-state index contributed by atoms with van der Waals surface area (Å²) >= 11 is 0. The summed E-state index contributed by atoms with van der Waals surface area (Å²) in [4.78, 5) is 0. The lowest BCUT2D eigenvalue weighted by Crippen LogP contribution is -2.14. The van der Waals surface area contributed by atoms with E-state index in [9.17, 15) is 0 Å². The fraction of sp³-hybridized carbons (Fsp3) is 0.0667. The summed E-state index contributed by atoms with van der Waals surface area (Å²) in [6, 6.07) is 60.1. The van der Waals surface area contributed by atoms with Gasteiger partial charge in [-0.25, -0.2) is 0 Å². The summed E-state index contributed by atoms with van der Waals surface area (Å²) < 4.78 is 2.43. The van der Waals surface area contributed by atoms with Crippen molar-refractivity contribution in [3.05, 3.63) is 175 Å². The molecule has 0 N–H and O–H groups in total. The van der Waals surface area contributed by atoms with Gasteiger partial charge in [-0.3, -0.25) is 0 Å². The van der Waals surface area contributed by atoms with E-state index in [2.05, 4.69) is 182 Å². The number of hydrogen-bond acceptors (Lipinski definition) is 0. The Morgan fingerprint density at radius 2 is 1.00 bits per heavy atom. The fourth-order valence-electron chi connectivity index (χ4n) is 7.79. The highest BCUT2D eigenvalue weighted by molar-refractivity contribution is 6.14. The predicted octanol–water partition coefficient (Wildman–Crippen LogP) is 12.1. The lowest BCUT2D eigenvalue weighted by molar-refractivity contribution is 0.660. The summed E-state index contributed by atoms with van der Waals surface area (Å²) in [6.07, 6.45) is 0. The van der Waals surface area contributed by atoms with Gasteiger partial charge in [-0.2, -0.15) is 0 Å². The van der Waals surface area contributed by atoms with Gasteiger partial charge in [0.25, 0.3) is 0 Å². The molecule has 1 heterocycles. The highest BCUT2D eigenvalue weighted by Gasteiger charge is 2.35. The number of rotatable bonds is 4. The molecule has 1 aliphatic carbocycles. The van der Waals surface area contributed by atoms with E-state index in [0.717, 1.165) is 0 Å². The van der Waals surface area contributed by atoms with Crippen LogP contribution in [0.1, 0.15) is 25.0 Å². The van der Waals surface area contributed by atoms with Crippen LogP contribution in [0.5, 0.6) is 0 Å². The topological polar surface area (TPSA) is 4.93 Å². The Bertz CT molecular complexity index is 2430. The van der Waals surface area contributed by atoms with Crippen LogP contribution in [-0.2, 0) is 5.41 Å². The minimum absolute atomic E-state index is 0.0463. The van der Waals surface area contributed by atoms with Crippen molar-refractivity contribution >= 4 is 21.8 Å². The second-order valence-electron chi connectivity index (χ2n) is 12.9. The van der Waals surface area contributed by atoms with Crippen LogP contribution >= 0.6 is 0 Å². The van der Waals surface area contributed by atoms with E-state index in [0.29, 0.717) is 0 Å². The number of aromatic nitrogens is 1. The molecule has 0 amide bonds. The molecule has 0 saturated carbocycles. The Hall–Kier alpha value is -5.66. The van der Waals surface area contributed by atoms with E-state index in [1.807, 2.05) is 0 Å². The Kier molecular flexibility index (Phi) is 5.92. The van der Waals surface area contributed by atoms with Gasteiger partial charge in [-0.05, 0) is 80.4 Å². The molecular formula is C45H33N. The molecule has 0 radical (unpaired) electrons. The molecule has 0 spiro atoms. The Labute approximate surface area is 270 Å². The van der Waals surface area contributed by atoms with Gasteiger partial charge in [-0.15, -0.1) is 0 Å². The summed E-state index contributed by atoms with van der Waals surface area (Å²) in [5, 5.41) is 2.53. The van der Waals surface area contributed by atoms with Crippen molar-refractivity contribution < 1.29 is 0 Å². The molecular weight excluding hydrogens is 555 g/mol. The molecule has 0 bridgehead atoms. The van der Waals surface area contributed by atoms with Gasteiger partial charge in [0.05, 0.1) is 11.0 Å². The molecule has 0 atom stereocenters. The van der Waals surface area contributed by atoms with Crippen LogP contribution in [0, 0.1) is 0 Å². The Balaban J connectivity index is 1.28. The summed E-state index contributed by atoms with van der Waals surface area (Å²) in [6.45, 7) is 4.71. The van der Waals surface area contributed by atoms with E-state index in [1.165, 1.54) is 83.1 Å². The van der Waals surface area contributed by atoms with Crippen molar-refractivity contribution in [1.82, 2.24) is 4.57 Å². The molecule has 0 unspecified atom stereocenters. The van der Waals surface area contributed by atoms with E-state index in [1.54, 1.807) is 0 Å². The molecule has 46 heavy (non-hydrogen) atoms. The van der Waals surface area contributed by atoms with Crippen LogP contribution in [-0.4, -0.2) is 4.57 Å². The third-order valence-corrected chi connectivity index (χ3v) is 10.0. The maximum atomic E-state index is 2.44. The third kappa shape index (κ3) is 3.95. The van der Waals surface area contributed by atoms with Crippen LogP contribution in [0.15, 0.2) is 164 Å². The van der Waals surface area contributed by atoms with Crippen molar-refractivity contribution in [2.24, 2.45) is 0 Å². The minimum Gasteiger partial charge on any atom is -0.309 e. The van der Waals surface area contributed by atoms with Gasteiger partial charge in [0.2, 0.25) is 0 Å². The maximum absolute atomic E-state index is 2.44. The van der Waals surface area contributed by atoms with E-state index in [4.69, 9.17) is 0 Å². The lowest BCUT2D eigenvalue weighted by Gasteiger charge is -2.22. The number of benzene rings is 7. The van der Waals surface area contributed by atoms with E-state index < -0.39 is 0 Å². The molecule has 218 valence electrons. The second kappa shape index (κ2) is 10.2. The van der Waals surface area contributed by atoms with Crippen LogP contribution in [0.2, 0.25) is 0 Å². The molecule has 8 aromatic rings. The van der Waals surface area contributed by atoms with Gasteiger partial charge < -0.3 is 4.57 Å². The van der Waals surface area contributed by atoms with Crippen LogP contribution in [0.25, 0.3) is 72.0 Å². The molecule has 0 aliphatic heterocycles. The highest BCUT2D eigenvalue weighted by atomic mass is 15.0. The van der Waals surface area contributed by atoms with Crippen molar-refractivity contribution in [3.8, 4) is 50.2 Å². The molecule has 0 saturated heterocycles.